The standard InChI is InChI=1S/C9H11Cl2N3/c10-7-6-8(11)13-9(12-7)14-4-2-1-3-5-14/h6H,1-5H2. The summed E-state index contributed by atoms with van der Waals surface area (Å²) in [5, 5.41) is 0.816. The third kappa shape index (κ3) is 2.28. The maximum Gasteiger partial charge on any atom is 0.228 e. The minimum atomic E-state index is 0.408. The molecule has 76 valence electrons. The van der Waals surface area contributed by atoms with Crippen LogP contribution in [-0.4, -0.2) is 23.1 Å². The molecule has 1 aliphatic rings. The van der Waals surface area contributed by atoms with Gasteiger partial charge in [0.25, 0.3) is 0 Å². The maximum absolute atomic E-state index is 5.81. The van der Waals surface area contributed by atoms with Crippen LogP contribution in [0.2, 0.25) is 10.3 Å². The molecule has 0 amide bonds. The highest BCUT2D eigenvalue weighted by Crippen LogP contribution is 2.20. The van der Waals surface area contributed by atoms with E-state index in [1.165, 1.54) is 19.3 Å². The summed E-state index contributed by atoms with van der Waals surface area (Å²) in [7, 11) is 0. The van der Waals surface area contributed by atoms with Gasteiger partial charge >= 0.3 is 0 Å². The lowest BCUT2D eigenvalue weighted by Crippen LogP contribution is -2.31. The summed E-state index contributed by atoms with van der Waals surface area (Å²) in [6.07, 6.45) is 3.66. The Morgan fingerprint density at radius 2 is 1.57 bits per heavy atom. The largest absolute Gasteiger partial charge is 0.341 e. The molecule has 1 aliphatic heterocycles. The first-order chi connectivity index (χ1) is 6.75. The van der Waals surface area contributed by atoms with Gasteiger partial charge in [0.1, 0.15) is 10.3 Å². The monoisotopic (exact) mass is 231 g/mol. The van der Waals surface area contributed by atoms with Crippen LogP contribution in [0, 0.1) is 0 Å². The summed E-state index contributed by atoms with van der Waals surface area (Å²) < 4.78 is 0. The van der Waals surface area contributed by atoms with E-state index in [2.05, 4.69) is 14.9 Å². The Kier molecular flexibility index (Phi) is 3.08. The second-order valence-corrected chi connectivity index (χ2v) is 4.14. The van der Waals surface area contributed by atoms with Crippen LogP contribution in [-0.2, 0) is 0 Å². The first-order valence-electron chi connectivity index (χ1n) is 4.71. The molecule has 2 heterocycles. The van der Waals surface area contributed by atoms with Crippen molar-refractivity contribution >= 4 is 29.2 Å². The minimum Gasteiger partial charge on any atom is -0.341 e. The van der Waals surface area contributed by atoms with Gasteiger partial charge in [-0.2, -0.15) is 0 Å². The van der Waals surface area contributed by atoms with Gasteiger partial charge in [-0.05, 0) is 19.3 Å². The molecule has 0 saturated carbocycles. The average Bonchev–Trinajstić information content (AvgIpc) is 2.18. The zero-order valence-electron chi connectivity index (χ0n) is 7.71. The van der Waals surface area contributed by atoms with Crippen molar-refractivity contribution in [3.8, 4) is 0 Å². The molecular weight excluding hydrogens is 221 g/mol. The van der Waals surface area contributed by atoms with Gasteiger partial charge in [0.05, 0.1) is 0 Å². The third-order valence-corrected chi connectivity index (χ3v) is 2.68. The Balaban J connectivity index is 2.21. The first-order valence-corrected chi connectivity index (χ1v) is 5.46. The molecular formula is C9H11Cl2N3. The van der Waals surface area contributed by atoms with Gasteiger partial charge in [-0.1, -0.05) is 23.2 Å². The van der Waals surface area contributed by atoms with Crippen molar-refractivity contribution in [3.05, 3.63) is 16.4 Å². The minimum absolute atomic E-state index is 0.408. The first kappa shape index (κ1) is 9.99. The molecule has 2 rings (SSSR count). The van der Waals surface area contributed by atoms with E-state index in [1.807, 2.05) is 0 Å². The van der Waals surface area contributed by atoms with Crippen molar-refractivity contribution in [2.24, 2.45) is 0 Å². The molecule has 0 unspecified atom stereocenters. The number of nitrogens with zero attached hydrogens (tertiary/aromatic N) is 3. The summed E-state index contributed by atoms with van der Waals surface area (Å²) in [6.45, 7) is 1.99. The van der Waals surface area contributed by atoms with Crippen molar-refractivity contribution < 1.29 is 0 Å². The van der Waals surface area contributed by atoms with E-state index in [1.54, 1.807) is 6.07 Å². The second-order valence-electron chi connectivity index (χ2n) is 3.36. The number of aromatic nitrogens is 2. The number of hydrogen-bond donors (Lipinski definition) is 0. The van der Waals surface area contributed by atoms with E-state index >= 15 is 0 Å². The molecule has 14 heavy (non-hydrogen) atoms. The third-order valence-electron chi connectivity index (χ3n) is 2.29. The van der Waals surface area contributed by atoms with Crippen LogP contribution in [0.4, 0.5) is 5.95 Å². The molecule has 1 aromatic heterocycles. The summed E-state index contributed by atoms with van der Waals surface area (Å²) in [5.41, 5.74) is 0. The normalized spacial score (nSPS) is 17.1. The van der Waals surface area contributed by atoms with Crippen LogP contribution in [0.1, 0.15) is 19.3 Å². The molecule has 0 atom stereocenters. The molecule has 1 fully saturated rings. The highest BCUT2D eigenvalue weighted by Gasteiger charge is 2.14. The topological polar surface area (TPSA) is 29.0 Å². The van der Waals surface area contributed by atoms with Crippen molar-refractivity contribution in [1.82, 2.24) is 9.97 Å². The Labute approximate surface area is 93.1 Å². The lowest BCUT2D eigenvalue weighted by Gasteiger charge is -2.26. The Bertz CT molecular complexity index is 304. The summed E-state index contributed by atoms with van der Waals surface area (Å²) in [6, 6.07) is 1.55. The molecule has 0 bridgehead atoms. The number of hydrogen-bond acceptors (Lipinski definition) is 3. The van der Waals surface area contributed by atoms with Gasteiger partial charge in [0.15, 0.2) is 0 Å². The van der Waals surface area contributed by atoms with Gasteiger partial charge in [-0.3, -0.25) is 0 Å². The van der Waals surface area contributed by atoms with Gasteiger partial charge in [0, 0.05) is 19.2 Å². The van der Waals surface area contributed by atoms with E-state index in [-0.39, 0.29) is 0 Å². The van der Waals surface area contributed by atoms with Gasteiger partial charge in [-0.25, -0.2) is 9.97 Å². The number of anilines is 1. The summed E-state index contributed by atoms with van der Waals surface area (Å²) in [4.78, 5) is 10.4. The quantitative estimate of drug-likeness (QED) is 0.697. The van der Waals surface area contributed by atoms with E-state index < -0.39 is 0 Å². The van der Waals surface area contributed by atoms with Crippen molar-refractivity contribution in [3.63, 3.8) is 0 Å². The van der Waals surface area contributed by atoms with E-state index in [9.17, 15) is 0 Å². The van der Waals surface area contributed by atoms with Gasteiger partial charge in [0.2, 0.25) is 5.95 Å². The van der Waals surface area contributed by atoms with Gasteiger partial charge < -0.3 is 4.90 Å². The molecule has 0 aliphatic carbocycles. The predicted molar refractivity (Wildman–Crippen MR) is 58.1 cm³/mol. The SMILES string of the molecule is Clc1cc(Cl)nc(N2CCCCC2)n1. The zero-order chi connectivity index (χ0) is 9.97. The van der Waals surface area contributed by atoms with E-state index in [4.69, 9.17) is 23.2 Å². The molecule has 0 spiro atoms. The van der Waals surface area contributed by atoms with E-state index in [0.717, 1.165) is 13.1 Å². The lowest BCUT2D eigenvalue weighted by molar-refractivity contribution is 0.568. The number of halogens is 2. The summed E-state index contributed by atoms with van der Waals surface area (Å²) in [5.74, 6) is 0.655. The van der Waals surface area contributed by atoms with Crippen LogP contribution < -0.4 is 4.90 Å². The van der Waals surface area contributed by atoms with E-state index in [0.29, 0.717) is 16.3 Å². The number of piperidine rings is 1. The fraction of sp³-hybridized carbons (Fsp3) is 0.556. The Morgan fingerprint density at radius 1 is 1.00 bits per heavy atom. The fourth-order valence-electron chi connectivity index (χ4n) is 1.61. The van der Waals surface area contributed by atoms with Crippen molar-refractivity contribution in [2.45, 2.75) is 19.3 Å². The van der Waals surface area contributed by atoms with Crippen LogP contribution in [0.3, 0.4) is 0 Å². The summed E-state index contributed by atoms with van der Waals surface area (Å²) >= 11 is 11.6. The highest BCUT2D eigenvalue weighted by atomic mass is 35.5. The number of rotatable bonds is 1. The van der Waals surface area contributed by atoms with Crippen molar-refractivity contribution in [2.75, 3.05) is 18.0 Å². The second kappa shape index (κ2) is 4.32. The van der Waals surface area contributed by atoms with Crippen LogP contribution >= 0.6 is 23.2 Å². The fourth-order valence-corrected chi connectivity index (χ4v) is 2.03. The Morgan fingerprint density at radius 3 is 2.14 bits per heavy atom. The Hall–Kier alpha value is -0.540. The van der Waals surface area contributed by atoms with Gasteiger partial charge in [-0.15, -0.1) is 0 Å². The predicted octanol–water partition coefficient (Wildman–Crippen LogP) is 2.77. The molecule has 3 nitrogen and oxygen atoms in total. The smallest absolute Gasteiger partial charge is 0.228 e. The average molecular weight is 232 g/mol. The molecule has 5 heteroatoms. The van der Waals surface area contributed by atoms with Crippen LogP contribution in [0.15, 0.2) is 6.07 Å². The molecule has 0 radical (unpaired) electrons. The molecule has 1 saturated heterocycles. The lowest BCUT2D eigenvalue weighted by atomic mass is 10.1. The highest BCUT2D eigenvalue weighted by molar-refractivity contribution is 6.33. The van der Waals surface area contributed by atoms with Crippen LogP contribution in [0.25, 0.3) is 0 Å². The zero-order valence-corrected chi connectivity index (χ0v) is 9.22. The maximum atomic E-state index is 5.81. The molecule has 1 aromatic rings. The molecule has 0 N–H and O–H groups in total. The molecule has 0 aromatic carbocycles. The van der Waals surface area contributed by atoms with Crippen molar-refractivity contribution in [1.29, 1.82) is 0 Å². The van der Waals surface area contributed by atoms with Crippen LogP contribution in [0.5, 0.6) is 0 Å².